The molecule has 2 heterocycles. The van der Waals surface area contributed by atoms with Crippen LogP contribution in [0.15, 0.2) is 64.9 Å². The Morgan fingerprint density at radius 3 is 2.58 bits per heavy atom. The molecule has 0 amide bonds. The molecule has 4 aromatic rings. The van der Waals surface area contributed by atoms with Crippen molar-refractivity contribution in [1.29, 1.82) is 0 Å². The van der Waals surface area contributed by atoms with Crippen molar-refractivity contribution in [3.05, 3.63) is 60.7 Å². The number of benzene rings is 2. The third kappa shape index (κ3) is 4.23. The van der Waals surface area contributed by atoms with E-state index in [9.17, 15) is 8.42 Å². The number of aromatic nitrogens is 5. The average molecular weight is 457 g/mol. The normalized spacial score (nSPS) is 12.1. The number of aryl methyl sites for hydroxylation is 1. The van der Waals surface area contributed by atoms with Gasteiger partial charge in [-0.2, -0.15) is 0 Å². The van der Waals surface area contributed by atoms with Crippen LogP contribution in [0.2, 0.25) is 0 Å². The van der Waals surface area contributed by atoms with Gasteiger partial charge in [0.1, 0.15) is 12.2 Å². The summed E-state index contributed by atoms with van der Waals surface area (Å²) in [6.45, 7) is 2.91. The summed E-state index contributed by atoms with van der Waals surface area (Å²) in [6, 6.07) is 15.1. The molecule has 0 saturated heterocycles. The summed E-state index contributed by atoms with van der Waals surface area (Å²) in [4.78, 5) is 5.01. The van der Waals surface area contributed by atoms with Crippen molar-refractivity contribution in [2.24, 2.45) is 0 Å². The van der Waals surface area contributed by atoms with Gasteiger partial charge < -0.3 is 4.57 Å². The molecule has 10 heteroatoms. The quantitative estimate of drug-likeness (QED) is 0.377. The second-order valence-electron chi connectivity index (χ2n) is 7.23. The van der Waals surface area contributed by atoms with Crippen LogP contribution in [0.25, 0.3) is 16.7 Å². The first-order valence-corrected chi connectivity index (χ1v) is 12.3. The largest absolute Gasteiger partial charge is 0.327 e. The molecule has 0 aliphatic heterocycles. The second kappa shape index (κ2) is 8.81. The van der Waals surface area contributed by atoms with E-state index < -0.39 is 10.0 Å². The van der Waals surface area contributed by atoms with Crippen molar-refractivity contribution in [3.63, 3.8) is 0 Å². The first kappa shape index (κ1) is 21.5. The van der Waals surface area contributed by atoms with E-state index in [4.69, 9.17) is 4.98 Å². The highest BCUT2D eigenvalue weighted by Crippen LogP contribution is 2.27. The molecule has 0 unspecified atom stereocenters. The Bertz CT molecular complexity index is 1300. The van der Waals surface area contributed by atoms with E-state index in [1.165, 1.54) is 18.4 Å². The molecule has 0 radical (unpaired) electrons. The number of imidazole rings is 1. The monoisotopic (exact) mass is 456 g/mol. The van der Waals surface area contributed by atoms with Gasteiger partial charge in [-0.15, -0.1) is 10.2 Å². The maximum absolute atomic E-state index is 12.5. The van der Waals surface area contributed by atoms with Crippen molar-refractivity contribution >= 4 is 32.8 Å². The van der Waals surface area contributed by atoms with Crippen LogP contribution in [-0.2, 0) is 22.3 Å². The number of rotatable bonds is 8. The summed E-state index contributed by atoms with van der Waals surface area (Å²) in [6.07, 6.45) is 2.64. The van der Waals surface area contributed by atoms with Crippen molar-refractivity contribution < 1.29 is 8.42 Å². The maximum Gasteiger partial charge on any atom is 0.242 e. The maximum atomic E-state index is 12.5. The highest BCUT2D eigenvalue weighted by molar-refractivity contribution is 7.98. The number of sulfonamides is 1. The summed E-state index contributed by atoms with van der Waals surface area (Å²) in [5.41, 5.74) is 2.60. The topological polar surface area (TPSA) is 85.9 Å². The Morgan fingerprint density at radius 2 is 1.87 bits per heavy atom. The minimum atomic E-state index is -3.51. The molecule has 31 heavy (non-hydrogen) atoms. The smallest absolute Gasteiger partial charge is 0.242 e. The van der Waals surface area contributed by atoms with Gasteiger partial charge in [-0.1, -0.05) is 36.9 Å². The zero-order valence-electron chi connectivity index (χ0n) is 17.6. The average Bonchev–Trinajstić information content (AvgIpc) is 3.37. The van der Waals surface area contributed by atoms with Gasteiger partial charge in [-0.05, 0) is 36.8 Å². The lowest BCUT2D eigenvalue weighted by Gasteiger charge is -2.11. The van der Waals surface area contributed by atoms with Crippen LogP contribution in [0.3, 0.4) is 0 Å². The van der Waals surface area contributed by atoms with Crippen LogP contribution in [0, 0.1) is 0 Å². The van der Waals surface area contributed by atoms with Gasteiger partial charge in [0, 0.05) is 26.3 Å². The van der Waals surface area contributed by atoms with Gasteiger partial charge in [0.05, 0.1) is 21.7 Å². The fraction of sp³-hybridized carbons (Fsp3) is 0.286. The molecule has 0 aliphatic rings. The lowest BCUT2D eigenvalue weighted by Crippen LogP contribution is -2.22. The molecule has 0 fully saturated rings. The molecule has 0 aliphatic carbocycles. The summed E-state index contributed by atoms with van der Waals surface area (Å²) in [5.74, 6) is 1.47. The highest BCUT2D eigenvalue weighted by atomic mass is 32.2. The minimum absolute atomic E-state index is 0.245. The third-order valence-corrected chi connectivity index (χ3v) is 7.66. The van der Waals surface area contributed by atoms with E-state index in [0.29, 0.717) is 11.3 Å². The van der Waals surface area contributed by atoms with Crippen LogP contribution in [0.1, 0.15) is 19.2 Å². The number of thioether (sulfide) groups is 1. The lowest BCUT2D eigenvalue weighted by molar-refractivity contribution is 0.521. The Hall–Kier alpha value is -2.69. The molecule has 0 saturated carbocycles. The molecule has 0 N–H and O–H groups in total. The van der Waals surface area contributed by atoms with E-state index in [0.717, 1.165) is 35.2 Å². The van der Waals surface area contributed by atoms with E-state index >= 15 is 0 Å². The Labute approximate surface area is 186 Å². The fourth-order valence-electron chi connectivity index (χ4n) is 3.33. The van der Waals surface area contributed by atoms with Crippen molar-refractivity contribution in [2.45, 2.75) is 35.7 Å². The Morgan fingerprint density at radius 1 is 1.10 bits per heavy atom. The van der Waals surface area contributed by atoms with E-state index in [-0.39, 0.29) is 4.90 Å². The van der Waals surface area contributed by atoms with Crippen molar-refractivity contribution in [3.8, 4) is 5.69 Å². The summed E-state index contributed by atoms with van der Waals surface area (Å²) in [5, 5.41) is 9.09. The van der Waals surface area contributed by atoms with Crippen LogP contribution in [-0.4, -0.2) is 51.1 Å². The van der Waals surface area contributed by atoms with Crippen LogP contribution in [0.4, 0.5) is 0 Å². The van der Waals surface area contributed by atoms with Crippen LogP contribution in [0.5, 0.6) is 0 Å². The number of para-hydroxylation sites is 1. The molecule has 4 rings (SSSR count). The molecule has 0 bridgehead atoms. The van der Waals surface area contributed by atoms with Crippen molar-refractivity contribution in [1.82, 2.24) is 28.6 Å². The predicted octanol–water partition coefficient (Wildman–Crippen LogP) is 3.57. The lowest BCUT2D eigenvalue weighted by atomic mass is 10.3. The summed E-state index contributed by atoms with van der Waals surface area (Å²) in [7, 11) is -0.455. The SMILES string of the molecule is CCCn1c(CSc2nncn2-c2ccccc2)nc2cc(S(=O)(=O)N(C)C)ccc21. The number of fused-ring (bicyclic) bond motifs is 1. The summed E-state index contributed by atoms with van der Waals surface area (Å²) >= 11 is 1.55. The van der Waals surface area contributed by atoms with E-state index in [2.05, 4.69) is 21.7 Å². The predicted molar refractivity (Wildman–Crippen MR) is 122 cm³/mol. The van der Waals surface area contributed by atoms with Gasteiger partial charge in [-0.3, -0.25) is 4.57 Å². The van der Waals surface area contributed by atoms with Gasteiger partial charge in [0.15, 0.2) is 5.16 Å². The summed E-state index contributed by atoms with van der Waals surface area (Å²) < 4.78 is 30.3. The Kier molecular flexibility index (Phi) is 6.12. The molecular weight excluding hydrogens is 432 g/mol. The highest BCUT2D eigenvalue weighted by Gasteiger charge is 2.20. The van der Waals surface area contributed by atoms with Gasteiger partial charge in [0.2, 0.25) is 10.0 Å². The molecule has 2 aromatic carbocycles. The van der Waals surface area contributed by atoms with Gasteiger partial charge in [0.25, 0.3) is 0 Å². The standard InChI is InChI=1S/C21H24N6O2S2/c1-4-12-26-19-11-10-17(31(28,29)25(2)3)13-18(19)23-20(26)14-30-21-24-22-15-27(21)16-8-6-5-7-9-16/h5-11,13,15H,4,12,14H2,1-3H3. The fourth-order valence-corrected chi connectivity index (χ4v) is 5.13. The number of hydrogen-bond acceptors (Lipinski definition) is 6. The zero-order chi connectivity index (χ0) is 22.0. The molecular formula is C21H24N6O2S2. The number of hydrogen-bond donors (Lipinski definition) is 0. The van der Waals surface area contributed by atoms with Crippen molar-refractivity contribution in [2.75, 3.05) is 14.1 Å². The number of nitrogens with zero attached hydrogens (tertiary/aromatic N) is 6. The minimum Gasteiger partial charge on any atom is -0.327 e. The van der Waals surface area contributed by atoms with E-state index in [1.54, 1.807) is 30.2 Å². The molecule has 2 aromatic heterocycles. The first-order valence-electron chi connectivity index (χ1n) is 9.91. The van der Waals surface area contributed by atoms with Gasteiger partial charge >= 0.3 is 0 Å². The van der Waals surface area contributed by atoms with Crippen LogP contribution < -0.4 is 0 Å². The molecule has 0 spiro atoms. The van der Waals surface area contributed by atoms with Gasteiger partial charge in [-0.25, -0.2) is 17.7 Å². The van der Waals surface area contributed by atoms with E-state index in [1.807, 2.05) is 41.0 Å². The third-order valence-electron chi connectivity index (χ3n) is 4.91. The molecule has 162 valence electrons. The second-order valence-corrected chi connectivity index (χ2v) is 10.3. The molecule has 8 nitrogen and oxygen atoms in total. The zero-order valence-corrected chi connectivity index (χ0v) is 19.3. The van der Waals surface area contributed by atoms with Crippen LogP contribution >= 0.6 is 11.8 Å². The Balaban J connectivity index is 1.67. The first-order chi connectivity index (χ1) is 14.9. The molecule has 0 atom stereocenters.